The molecule has 1 unspecified atom stereocenters. The first-order valence-electron chi connectivity index (χ1n) is 10.2. The number of phenols is 1. The van der Waals surface area contributed by atoms with E-state index in [0.29, 0.717) is 41.3 Å². The molecule has 0 saturated heterocycles. The lowest BCUT2D eigenvalue weighted by atomic mass is 9.79. The van der Waals surface area contributed by atoms with Crippen LogP contribution in [0.5, 0.6) is 5.75 Å². The average molecular weight is 429 g/mol. The lowest BCUT2D eigenvalue weighted by Gasteiger charge is -2.32. The molecule has 9 nitrogen and oxygen atoms in total. The maximum atomic E-state index is 12.9. The molecular formula is C22H27N3O6. The van der Waals surface area contributed by atoms with Crippen LogP contribution in [0.3, 0.4) is 0 Å². The summed E-state index contributed by atoms with van der Waals surface area (Å²) in [6.45, 7) is 9.94. The molecule has 2 aliphatic heterocycles. The Morgan fingerprint density at radius 3 is 2.65 bits per heavy atom. The number of hydrogen-bond acceptors (Lipinski definition) is 8. The van der Waals surface area contributed by atoms with E-state index < -0.39 is 33.8 Å². The van der Waals surface area contributed by atoms with E-state index in [-0.39, 0.29) is 6.61 Å². The van der Waals surface area contributed by atoms with E-state index in [4.69, 9.17) is 14.5 Å². The first kappa shape index (κ1) is 22.3. The fourth-order valence-electron chi connectivity index (χ4n) is 3.84. The van der Waals surface area contributed by atoms with Gasteiger partial charge in [0.15, 0.2) is 5.75 Å². The Hall–Kier alpha value is -3.36. The van der Waals surface area contributed by atoms with Crippen LogP contribution in [0.1, 0.15) is 52.5 Å². The van der Waals surface area contributed by atoms with Crippen molar-refractivity contribution in [3.8, 4) is 5.75 Å². The predicted molar refractivity (Wildman–Crippen MR) is 115 cm³/mol. The number of nitrogens with one attached hydrogen (secondary N) is 1. The second-order valence-electron chi connectivity index (χ2n) is 8.09. The van der Waals surface area contributed by atoms with Gasteiger partial charge in [0.05, 0.1) is 28.6 Å². The molecule has 1 aromatic rings. The number of allylic oxidation sites excluding steroid dienone is 2. The van der Waals surface area contributed by atoms with Gasteiger partial charge < -0.3 is 19.9 Å². The van der Waals surface area contributed by atoms with Crippen molar-refractivity contribution in [2.24, 2.45) is 4.99 Å². The van der Waals surface area contributed by atoms with Crippen molar-refractivity contribution >= 4 is 17.6 Å². The minimum absolute atomic E-state index is 0.192. The van der Waals surface area contributed by atoms with Crippen molar-refractivity contribution in [1.82, 2.24) is 5.32 Å². The largest absolute Gasteiger partial charge is 0.502 e. The molecule has 0 aliphatic carbocycles. The molecule has 0 aromatic heterocycles. The fraction of sp³-hybridized carbons (Fsp3) is 0.455. The van der Waals surface area contributed by atoms with Crippen molar-refractivity contribution < 1.29 is 24.3 Å². The number of aliphatic imine (C=N–C) groups is 1. The Bertz CT molecular complexity index is 1020. The zero-order valence-corrected chi connectivity index (χ0v) is 18.3. The van der Waals surface area contributed by atoms with Gasteiger partial charge in [-0.1, -0.05) is 13.0 Å². The van der Waals surface area contributed by atoms with Gasteiger partial charge in [0.1, 0.15) is 6.61 Å². The third kappa shape index (κ3) is 4.26. The van der Waals surface area contributed by atoms with Crippen LogP contribution >= 0.6 is 0 Å². The zero-order valence-electron chi connectivity index (χ0n) is 18.3. The van der Waals surface area contributed by atoms with Crippen LogP contribution in [0, 0.1) is 10.1 Å². The molecule has 2 aliphatic rings. The second-order valence-corrected chi connectivity index (χ2v) is 8.09. The Balaban J connectivity index is 2.25. The van der Waals surface area contributed by atoms with Crippen molar-refractivity contribution in [1.29, 1.82) is 0 Å². The monoisotopic (exact) mass is 429 g/mol. The van der Waals surface area contributed by atoms with Crippen LogP contribution in [0.15, 0.2) is 45.7 Å². The van der Waals surface area contributed by atoms with Crippen molar-refractivity contribution in [2.45, 2.75) is 52.5 Å². The lowest BCUT2D eigenvalue weighted by Crippen LogP contribution is -2.32. The summed E-state index contributed by atoms with van der Waals surface area (Å²) >= 11 is 0. The van der Waals surface area contributed by atoms with E-state index >= 15 is 0 Å². The number of ether oxygens (including phenoxy) is 2. The molecule has 166 valence electrons. The van der Waals surface area contributed by atoms with Gasteiger partial charge in [-0.3, -0.25) is 10.1 Å². The molecule has 0 bridgehead atoms. The molecule has 3 rings (SSSR count). The quantitative estimate of drug-likeness (QED) is 0.401. The Morgan fingerprint density at radius 2 is 2.13 bits per heavy atom. The highest BCUT2D eigenvalue weighted by molar-refractivity contribution is 6.03. The fourth-order valence-corrected chi connectivity index (χ4v) is 3.84. The first-order chi connectivity index (χ1) is 14.6. The predicted octanol–water partition coefficient (Wildman–Crippen LogP) is 3.70. The molecule has 9 heteroatoms. The maximum Gasteiger partial charge on any atom is 0.336 e. The lowest BCUT2D eigenvalue weighted by molar-refractivity contribution is -0.385. The number of carbonyl (C=O) groups is 1. The van der Waals surface area contributed by atoms with Gasteiger partial charge in [-0.05, 0) is 45.7 Å². The molecule has 31 heavy (non-hydrogen) atoms. The number of nitro benzene ring substituents is 1. The number of hydrogen-bond donors (Lipinski definition) is 2. The molecule has 0 radical (unpaired) electrons. The molecule has 0 saturated carbocycles. The van der Waals surface area contributed by atoms with Crippen molar-refractivity contribution in [3.05, 3.63) is 56.4 Å². The third-order valence-corrected chi connectivity index (χ3v) is 5.22. The third-order valence-electron chi connectivity index (χ3n) is 5.22. The van der Waals surface area contributed by atoms with Gasteiger partial charge in [0.2, 0.25) is 5.90 Å². The van der Waals surface area contributed by atoms with E-state index in [1.54, 1.807) is 13.8 Å². The first-order valence-corrected chi connectivity index (χ1v) is 10.2. The zero-order chi connectivity index (χ0) is 22.9. The topological polar surface area (TPSA) is 123 Å². The molecule has 0 fully saturated rings. The molecule has 1 aromatic carbocycles. The molecule has 2 N–H and O–H groups in total. The highest BCUT2D eigenvalue weighted by atomic mass is 16.6. The average Bonchev–Trinajstić information content (AvgIpc) is 3.05. The molecular weight excluding hydrogens is 402 g/mol. The summed E-state index contributed by atoms with van der Waals surface area (Å²) in [7, 11) is 0. The minimum Gasteiger partial charge on any atom is -0.502 e. The molecule has 2 heterocycles. The van der Waals surface area contributed by atoms with Crippen LogP contribution in [-0.4, -0.2) is 40.6 Å². The number of benzene rings is 1. The van der Waals surface area contributed by atoms with Gasteiger partial charge in [-0.2, -0.15) is 0 Å². The number of rotatable bonds is 6. The SMILES string of the molecule is CCOC(=O)C1=C(C)NC(CC)=C(C2=NC(C)(C)CO2)C1c1ccc([N+](=O)[O-])c(O)c1. The van der Waals surface area contributed by atoms with Crippen molar-refractivity contribution in [3.63, 3.8) is 0 Å². The Morgan fingerprint density at radius 1 is 1.42 bits per heavy atom. The van der Waals surface area contributed by atoms with E-state index in [1.807, 2.05) is 20.8 Å². The van der Waals surface area contributed by atoms with Gasteiger partial charge in [0, 0.05) is 23.0 Å². The Labute approximate surface area is 180 Å². The molecule has 0 amide bonds. The standard InChI is InChI=1S/C22H27N3O6/c1-6-14-19(20-24-22(4,5)11-31-20)18(17(12(3)23-14)21(27)30-7-2)13-8-9-15(25(28)29)16(26)10-13/h8-10,18,23,26H,6-7,11H2,1-5H3. The summed E-state index contributed by atoms with van der Waals surface area (Å²) in [5.41, 5.74) is 2.11. The van der Waals surface area contributed by atoms with Crippen LogP contribution in [0.2, 0.25) is 0 Å². The summed E-state index contributed by atoms with van der Waals surface area (Å²) in [5, 5.41) is 24.7. The molecule has 1 atom stereocenters. The number of phenolic OH excluding ortho intramolecular Hbond substituents is 1. The van der Waals surface area contributed by atoms with Crippen LogP contribution in [0.4, 0.5) is 5.69 Å². The summed E-state index contributed by atoms with van der Waals surface area (Å²) in [4.78, 5) is 28.2. The van der Waals surface area contributed by atoms with Crippen molar-refractivity contribution in [2.75, 3.05) is 13.2 Å². The summed E-state index contributed by atoms with van der Waals surface area (Å²) < 4.78 is 11.2. The second kappa shape index (κ2) is 8.41. The van der Waals surface area contributed by atoms with E-state index in [1.165, 1.54) is 18.2 Å². The summed E-state index contributed by atoms with van der Waals surface area (Å²) in [5.74, 6) is -1.25. The van der Waals surface area contributed by atoms with Gasteiger partial charge in [-0.25, -0.2) is 9.79 Å². The summed E-state index contributed by atoms with van der Waals surface area (Å²) in [6.07, 6.45) is 0.612. The number of esters is 1. The number of nitro groups is 1. The normalized spacial score (nSPS) is 20.2. The van der Waals surface area contributed by atoms with E-state index in [0.717, 1.165) is 5.70 Å². The van der Waals surface area contributed by atoms with Gasteiger partial charge >= 0.3 is 11.7 Å². The van der Waals surface area contributed by atoms with Gasteiger partial charge in [0.25, 0.3) is 0 Å². The summed E-state index contributed by atoms with van der Waals surface area (Å²) in [6, 6.07) is 4.08. The number of nitrogens with zero attached hydrogens (tertiary/aromatic N) is 2. The van der Waals surface area contributed by atoms with Gasteiger partial charge in [-0.15, -0.1) is 0 Å². The van der Waals surface area contributed by atoms with E-state index in [2.05, 4.69) is 5.32 Å². The number of carbonyl (C=O) groups excluding carboxylic acids is 1. The number of aromatic hydroxyl groups is 1. The van der Waals surface area contributed by atoms with Crippen LogP contribution in [-0.2, 0) is 14.3 Å². The highest BCUT2D eigenvalue weighted by Crippen LogP contribution is 2.43. The smallest absolute Gasteiger partial charge is 0.336 e. The maximum absolute atomic E-state index is 12.9. The minimum atomic E-state index is -0.672. The molecule has 0 spiro atoms. The van der Waals surface area contributed by atoms with Crippen LogP contribution in [0.25, 0.3) is 0 Å². The van der Waals surface area contributed by atoms with Crippen LogP contribution < -0.4 is 5.32 Å². The Kier molecular flexibility index (Phi) is 6.06. The number of dihydropyridines is 1. The highest BCUT2D eigenvalue weighted by Gasteiger charge is 2.40. The van der Waals surface area contributed by atoms with E-state index in [9.17, 15) is 20.0 Å².